The van der Waals surface area contributed by atoms with Crippen molar-refractivity contribution in [2.75, 3.05) is 19.0 Å². The first-order valence-corrected chi connectivity index (χ1v) is 6.92. The number of anilines is 1. The molecule has 0 saturated heterocycles. The smallest absolute Gasteiger partial charge is 0.129 e. The van der Waals surface area contributed by atoms with E-state index in [1.165, 1.54) is 11.2 Å². The fraction of sp³-hybridized carbons (Fsp3) is 0.250. The average molecular weight is 282 g/mol. The van der Waals surface area contributed by atoms with E-state index in [0.29, 0.717) is 0 Å². The lowest BCUT2D eigenvalue weighted by Crippen LogP contribution is -2.12. The number of aryl methyl sites for hydroxylation is 1. The zero-order chi connectivity index (χ0) is 14.7. The number of benzene rings is 1. The Hall–Kier alpha value is -2.56. The second-order valence-corrected chi connectivity index (χ2v) is 4.85. The zero-order valence-electron chi connectivity index (χ0n) is 12.2. The number of hydrogen-bond acceptors (Lipinski definition) is 4. The maximum absolute atomic E-state index is 5.42. The van der Waals surface area contributed by atoms with Gasteiger partial charge in [0.2, 0.25) is 0 Å². The van der Waals surface area contributed by atoms with Crippen LogP contribution in [0.25, 0.3) is 10.9 Å². The predicted octanol–water partition coefficient (Wildman–Crippen LogP) is 2.86. The van der Waals surface area contributed by atoms with Crippen molar-refractivity contribution in [3.63, 3.8) is 0 Å². The van der Waals surface area contributed by atoms with Gasteiger partial charge in [0.15, 0.2) is 0 Å². The summed E-state index contributed by atoms with van der Waals surface area (Å²) < 4.78 is 7.71. The quantitative estimate of drug-likeness (QED) is 0.782. The summed E-state index contributed by atoms with van der Waals surface area (Å²) >= 11 is 0. The monoisotopic (exact) mass is 282 g/mol. The van der Waals surface area contributed by atoms with E-state index in [0.717, 1.165) is 30.0 Å². The van der Waals surface area contributed by atoms with Crippen LogP contribution >= 0.6 is 0 Å². The maximum atomic E-state index is 5.42. The maximum Gasteiger partial charge on any atom is 0.129 e. The Morgan fingerprint density at radius 3 is 2.95 bits per heavy atom. The number of nitrogens with one attached hydrogen (secondary N) is 1. The summed E-state index contributed by atoms with van der Waals surface area (Å²) in [6, 6.07) is 10.2. The minimum Gasteiger partial charge on any atom is -0.496 e. The molecule has 0 saturated carbocycles. The molecule has 2 heterocycles. The summed E-state index contributed by atoms with van der Waals surface area (Å²) in [6.45, 7) is 3.79. The molecule has 0 aliphatic heterocycles. The van der Waals surface area contributed by atoms with Gasteiger partial charge in [-0.2, -0.15) is 0 Å². The Balaban J connectivity index is 1.79. The van der Waals surface area contributed by atoms with Crippen LogP contribution < -0.4 is 10.1 Å². The molecule has 0 aliphatic carbocycles. The van der Waals surface area contributed by atoms with Crippen LogP contribution in [0, 0.1) is 6.92 Å². The molecule has 2 aromatic heterocycles. The van der Waals surface area contributed by atoms with E-state index in [9.17, 15) is 0 Å². The molecule has 3 rings (SSSR count). The van der Waals surface area contributed by atoms with E-state index in [1.807, 2.05) is 18.2 Å². The number of aromatic nitrogens is 3. The third-order valence-electron chi connectivity index (χ3n) is 3.56. The highest BCUT2D eigenvalue weighted by Crippen LogP contribution is 2.28. The molecule has 5 heteroatoms. The summed E-state index contributed by atoms with van der Waals surface area (Å²) in [7, 11) is 1.71. The molecule has 0 atom stereocenters. The summed E-state index contributed by atoms with van der Waals surface area (Å²) in [6.07, 6.45) is 3.28. The van der Waals surface area contributed by atoms with Crippen molar-refractivity contribution in [1.29, 1.82) is 0 Å². The molecule has 1 aromatic carbocycles. The number of methoxy groups -OCH3 is 1. The van der Waals surface area contributed by atoms with E-state index >= 15 is 0 Å². The van der Waals surface area contributed by atoms with Gasteiger partial charge in [0.05, 0.1) is 12.6 Å². The van der Waals surface area contributed by atoms with E-state index < -0.39 is 0 Å². The van der Waals surface area contributed by atoms with Gasteiger partial charge in [-0.1, -0.05) is 6.07 Å². The molecule has 0 unspecified atom stereocenters. The topological polar surface area (TPSA) is 52.0 Å². The van der Waals surface area contributed by atoms with Gasteiger partial charge < -0.3 is 14.6 Å². The SMILES string of the molecule is COc1cccc2c1cc(C)n2CCNc1ccncn1. The van der Waals surface area contributed by atoms with Crippen LogP contribution in [-0.2, 0) is 6.54 Å². The van der Waals surface area contributed by atoms with Crippen LogP contribution in [0.3, 0.4) is 0 Å². The van der Waals surface area contributed by atoms with Crippen LogP contribution in [0.4, 0.5) is 5.82 Å². The van der Waals surface area contributed by atoms with Gasteiger partial charge in [-0.3, -0.25) is 0 Å². The molecule has 5 nitrogen and oxygen atoms in total. The Morgan fingerprint density at radius 1 is 1.29 bits per heavy atom. The fourth-order valence-corrected chi connectivity index (χ4v) is 2.56. The molecule has 0 fully saturated rings. The predicted molar refractivity (Wildman–Crippen MR) is 83.7 cm³/mol. The van der Waals surface area contributed by atoms with Gasteiger partial charge >= 0.3 is 0 Å². The zero-order valence-corrected chi connectivity index (χ0v) is 12.2. The number of rotatable bonds is 5. The normalized spacial score (nSPS) is 10.8. The van der Waals surface area contributed by atoms with Crippen molar-refractivity contribution in [2.45, 2.75) is 13.5 Å². The highest BCUT2D eigenvalue weighted by molar-refractivity contribution is 5.87. The number of nitrogens with zero attached hydrogens (tertiary/aromatic N) is 3. The summed E-state index contributed by atoms with van der Waals surface area (Å²) in [5.74, 6) is 1.76. The van der Waals surface area contributed by atoms with Crippen molar-refractivity contribution in [3.05, 3.63) is 48.5 Å². The second kappa shape index (κ2) is 5.83. The first kappa shape index (κ1) is 13.4. The molecule has 0 amide bonds. The molecule has 0 spiro atoms. The average Bonchev–Trinajstić information content (AvgIpc) is 2.84. The molecule has 1 N–H and O–H groups in total. The molecular weight excluding hydrogens is 264 g/mol. The van der Waals surface area contributed by atoms with E-state index in [-0.39, 0.29) is 0 Å². The van der Waals surface area contributed by atoms with Crippen LogP contribution in [0.5, 0.6) is 5.75 Å². The van der Waals surface area contributed by atoms with Crippen LogP contribution in [0.15, 0.2) is 42.9 Å². The summed E-state index contributed by atoms with van der Waals surface area (Å²) in [5.41, 5.74) is 2.41. The minimum absolute atomic E-state index is 0.804. The van der Waals surface area contributed by atoms with Gasteiger partial charge in [-0.05, 0) is 31.2 Å². The van der Waals surface area contributed by atoms with E-state index in [4.69, 9.17) is 4.74 Å². The lowest BCUT2D eigenvalue weighted by Gasteiger charge is -2.10. The largest absolute Gasteiger partial charge is 0.496 e. The van der Waals surface area contributed by atoms with Crippen molar-refractivity contribution >= 4 is 16.7 Å². The second-order valence-electron chi connectivity index (χ2n) is 4.85. The third-order valence-corrected chi connectivity index (χ3v) is 3.56. The molecule has 0 aliphatic rings. The number of fused-ring (bicyclic) bond motifs is 1. The first-order chi connectivity index (χ1) is 10.3. The van der Waals surface area contributed by atoms with Crippen LogP contribution in [0.1, 0.15) is 5.69 Å². The van der Waals surface area contributed by atoms with Crippen molar-refractivity contribution < 1.29 is 4.74 Å². The van der Waals surface area contributed by atoms with Crippen molar-refractivity contribution in [2.24, 2.45) is 0 Å². The van der Waals surface area contributed by atoms with Crippen LogP contribution in [-0.4, -0.2) is 28.2 Å². The molecule has 21 heavy (non-hydrogen) atoms. The highest BCUT2D eigenvalue weighted by atomic mass is 16.5. The van der Waals surface area contributed by atoms with Crippen molar-refractivity contribution in [3.8, 4) is 5.75 Å². The Bertz CT molecular complexity index is 737. The Kier molecular flexibility index (Phi) is 3.73. The molecule has 3 aromatic rings. The lowest BCUT2D eigenvalue weighted by molar-refractivity contribution is 0.420. The van der Waals surface area contributed by atoms with Gasteiger partial charge in [-0.25, -0.2) is 9.97 Å². The molecule has 0 radical (unpaired) electrons. The molecular formula is C16H18N4O. The van der Waals surface area contributed by atoms with Gasteiger partial charge in [0.25, 0.3) is 0 Å². The summed E-state index contributed by atoms with van der Waals surface area (Å²) in [5, 5.41) is 4.45. The fourth-order valence-electron chi connectivity index (χ4n) is 2.56. The van der Waals surface area contributed by atoms with E-state index in [1.54, 1.807) is 19.6 Å². The van der Waals surface area contributed by atoms with Crippen molar-refractivity contribution in [1.82, 2.24) is 14.5 Å². The Labute approximate surface area is 123 Å². The van der Waals surface area contributed by atoms with Gasteiger partial charge in [0, 0.05) is 30.4 Å². The highest BCUT2D eigenvalue weighted by Gasteiger charge is 2.09. The standard InChI is InChI=1S/C16H18N4O/c1-12-10-13-14(4-3-5-15(13)21-2)20(12)9-8-18-16-6-7-17-11-19-16/h3-7,10-11H,8-9H2,1-2H3,(H,17,18,19). The van der Waals surface area contributed by atoms with E-state index in [2.05, 4.69) is 38.9 Å². The molecule has 0 bridgehead atoms. The number of ether oxygens (including phenoxy) is 1. The van der Waals surface area contributed by atoms with Crippen LogP contribution in [0.2, 0.25) is 0 Å². The number of hydrogen-bond donors (Lipinski definition) is 1. The third kappa shape index (κ3) is 2.67. The van der Waals surface area contributed by atoms with Gasteiger partial charge in [-0.15, -0.1) is 0 Å². The lowest BCUT2D eigenvalue weighted by atomic mass is 10.2. The Morgan fingerprint density at radius 2 is 2.19 bits per heavy atom. The molecule has 108 valence electrons. The van der Waals surface area contributed by atoms with Gasteiger partial charge in [0.1, 0.15) is 17.9 Å². The minimum atomic E-state index is 0.804. The first-order valence-electron chi connectivity index (χ1n) is 6.92. The summed E-state index contributed by atoms with van der Waals surface area (Å²) in [4.78, 5) is 8.07.